The highest BCUT2D eigenvalue weighted by Gasteiger charge is 2.05. The fourth-order valence-electron chi connectivity index (χ4n) is 2.01. The molecule has 0 heterocycles. The highest BCUT2D eigenvalue weighted by molar-refractivity contribution is 5.64. The van der Waals surface area contributed by atoms with Gasteiger partial charge < -0.3 is 15.6 Å². The van der Waals surface area contributed by atoms with Crippen LogP contribution in [0.1, 0.15) is 18.0 Å². The molecule has 3 N–H and O–H groups in total. The molecule has 100 valence electrons. The number of aliphatic hydroxyl groups is 1. The molecule has 0 saturated heterocycles. The Labute approximate surface area is 113 Å². The van der Waals surface area contributed by atoms with Crippen molar-refractivity contribution in [2.75, 3.05) is 13.7 Å². The van der Waals surface area contributed by atoms with E-state index >= 15 is 0 Å². The highest BCUT2D eigenvalue weighted by Crippen LogP contribution is 2.24. The topological polar surface area (TPSA) is 55.5 Å². The number of ether oxygens (including phenoxy) is 1. The van der Waals surface area contributed by atoms with E-state index in [4.69, 9.17) is 15.6 Å². The van der Waals surface area contributed by atoms with Gasteiger partial charge in [0.15, 0.2) is 0 Å². The molecule has 0 aliphatic carbocycles. The molecule has 1 unspecified atom stereocenters. The van der Waals surface area contributed by atoms with Crippen LogP contribution in [0.2, 0.25) is 0 Å². The maximum Gasteiger partial charge on any atom is 0.118 e. The Morgan fingerprint density at radius 2 is 1.53 bits per heavy atom. The van der Waals surface area contributed by atoms with Gasteiger partial charge in [0, 0.05) is 12.6 Å². The smallest absolute Gasteiger partial charge is 0.118 e. The Balaban J connectivity index is 2.17. The predicted molar refractivity (Wildman–Crippen MR) is 77.1 cm³/mol. The first-order chi connectivity index (χ1) is 9.24. The van der Waals surface area contributed by atoms with Gasteiger partial charge in [-0.1, -0.05) is 36.4 Å². The van der Waals surface area contributed by atoms with Crippen LogP contribution in [0.5, 0.6) is 5.75 Å². The van der Waals surface area contributed by atoms with Crippen molar-refractivity contribution in [3.05, 3.63) is 54.1 Å². The molecule has 0 spiro atoms. The molecule has 1 atom stereocenters. The van der Waals surface area contributed by atoms with Crippen LogP contribution in [0.3, 0.4) is 0 Å². The predicted octanol–water partition coefficient (Wildman–Crippen LogP) is 2.74. The van der Waals surface area contributed by atoms with Crippen LogP contribution in [0.15, 0.2) is 48.5 Å². The van der Waals surface area contributed by atoms with Gasteiger partial charge in [-0.15, -0.1) is 0 Å². The van der Waals surface area contributed by atoms with Crippen LogP contribution < -0.4 is 10.5 Å². The minimum absolute atomic E-state index is 0.102. The molecule has 0 aliphatic heterocycles. The van der Waals surface area contributed by atoms with Gasteiger partial charge in [-0.05, 0) is 35.2 Å². The minimum atomic E-state index is -0.102. The van der Waals surface area contributed by atoms with E-state index in [-0.39, 0.29) is 12.6 Å². The molecule has 19 heavy (non-hydrogen) atoms. The van der Waals surface area contributed by atoms with Crippen molar-refractivity contribution in [1.29, 1.82) is 0 Å². The third kappa shape index (κ3) is 3.34. The maximum absolute atomic E-state index is 8.89. The Bertz CT molecular complexity index is 505. The van der Waals surface area contributed by atoms with Crippen LogP contribution >= 0.6 is 0 Å². The van der Waals surface area contributed by atoms with Crippen molar-refractivity contribution in [3.63, 3.8) is 0 Å². The summed E-state index contributed by atoms with van der Waals surface area (Å²) in [6, 6.07) is 16.0. The van der Waals surface area contributed by atoms with E-state index in [2.05, 4.69) is 0 Å². The van der Waals surface area contributed by atoms with E-state index in [0.717, 1.165) is 22.4 Å². The van der Waals surface area contributed by atoms with E-state index in [1.165, 1.54) is 0 Å². The molecule has 0 aliphatic rings. The number of benzene rings is 2. The largest absolute Gasteiger partial charge is 0.497 e. The summed E-state index contributed by atoms with van der Waals surface area (Å²) < 4.78 is 5.14. The highest BCUT2D eigenvalue weighted by atomic mass is 16.5. The molecular formula is C16H19NO2. The summed E-state index contributed by atoms with van der Waals surface area (Å²) in [6.07, 6.45) is 0.585. The number of hydrogen-bond donors (Lipinski definition) is 2. The molecular weight excluding hydrogens is 238 g/mol. The summed E-state index contributed by atoms with van der Waals surface area (Å²) in [5.74, 6) is 0.852. The average Bonchev–Trinajstić information content (AvgIpc) is 2.48. The summed E-state index contributed by atoms with van der Waals surface area (Å²) in [7, 11) is 1.66. The molecule has 0 fully saturated rings. The van der Waals surface area contributed by atoms with Crippen LogP contribution in [0.25, 0.3) is 11.1 Å². The first-order valence-corrected chi connectivity index (χ1v) is 6.35. The zero-order chi connectivity index (χ0) is 13.7. The summed E-state index contributed by atoms with van der Waals surface area (Å²) >= 11 is 0. The van der Waals surface area contributed by atoms with Crippen molar-refractivity contribution in [2.45, 2.75) is 12.5 Å². The van der Waals surface area contributed by atoms with Crippen LogP contribution in [-0.2, 0) is 0 Å². The van der Waals surface area contributed by atoms with E-state index in [9.17, 15) is 0 Å². The van der Waals surface area contributed by atoms with Crippen molar-refractivity contribution in [3.8, 4) is 16.9 Å². The third-order valence-electron chi connectivity index (χ3n) is 3.20. The van der Waals surface area contributed by atoms with Crippen LogP contribution in [0.4, 0.5) is 0 Å². The Morgan fingerprint density at radius 3 is 2.00 bits per heavy atom. The molecule has 0 saturated carbocycles. The zero-order valence-electron chi connectivity index (χ0n) is 11.0. The van der Waals surface area contributed by atoms with Gasteiger partial charge in [0.1, 0.15) is 5.75 Å². The van der Waals surface area contributed by atoms with Crippen molar-refractivity contribution in [2.24, 2.45) is 5.73 Å². The first kappa shape index (κ1) is 13.6. The molecule has 0 radical (unpaired) electrons. The number of hydrogen-bond acceptors (Lipinski definition) is 3. The van der Waals surface area contributed by atoms with E-state index < -0.39 is 0 Å². The van der Waals surface area contributed by atoms with Crippen LogP contribution in [-0.4, -0.2) is 18.8 Å². The number of methoxy groups -OCH3 is 1. The minimum Gasteiger partial charge on any atom is -0.497 e. The third-order valence-corrected chi connectivity index (χ3v) is 3.20. The molecule has 3 heteroatoms. The normalized spacial score (nSPS) is 12.2. The van der Waals surface area contributed by atoms with Gasteiger partial charge in [-0.25, -0.2) is 0 Å². The van der Waals surface area contributed by atoms with Gasteiger partial charge in [0.05, 0.1) is 7.11 Å². The number of aliphatic hydroxyl groups excluding tert-OH is 1. The van der Waals surface area contributed by atoms with Crippen molar-refractivity contribution >= 4 is 0 Å². The van der Waals surface area contributed by atoms with Crippen molar-refractivity contribution in [1.82, 2.24) is 0 Å². The monoisotopic (exact) mass is 257 g/mol. The number of nitrogens with two attached hydrogens (primary N) is 1. The molecule has 0 aromatic heterocycles. The quantitative estimate of drug-likeness (QED) is 0.866. The second-order valence-corrected chi connectivity index (χ2v) is 4.47. The molecule has 0 bridgehead atoms. The zero-order valence-corrected chi connectivity index (χ0v) is 11.0. The second-order valence-electron chi connectivity index (χ2n) is 4.47. The lowest BCUT2D eigenvalue weighted by atomic mass is 10.00. The molecule has 2 aromatic rings. The van der Waals surface area contributed by atoms with Gasteiger partial charge in [0.2, 0.25) is 0 Å². The molecule has 0 amide bonds. The van der Waals surface area contributed by atoms with Gasteiger partial charge in [-0.2, -0.15) is 0 Å². The first-order valence-electron chi connectivity index (χ1n) is 6.35. The molecule has 2 aromatic carbocycles. The maximum atomic E-state index is 8.89. The Hall–Kier alpha value is -1.84. The summed E-state index contributed by atoms with van der Waals surface area (Å²) in [6.45, 7) is 0.112. The number of rotatable bonds is 5. The fourth-order valence-corrected chi connectivity index (χ4v) is 2.01. The SMILES string of the molecule is COc1ccc(-c2ccc(C(N)CCO)cc2)cc1. The standard InChI is InChI=1S/C16H19NO2/c1-19-15-8-6-13(7-9-15)12-2-4-14(5-3-12)16(17)10-11-18/h2-9,16,18H,10-11,17H2,1H3. The molecule has 3 nitrogen and oxygen atoms in total. The van der Waals surface area contributed by atoms with E-state index in [1.54, 1.807) is 7.11 Å². The Kier molecular flexibility index (Phi) is 4.55. The van der Waals surface area contributed by atoms with Gasteiger partial charge in [0.25, 0.3) is 0 Å². The van der Waals surface area contributed by atoms with E-state index in [0.29, 0.717) is 6.42 Å². The summed E-state index contributed by atoms with van der Waals surface area (Å²) in [5, 5.41) is 8.89. The van der Waals surface area contributed by atoms with Gasteiger partial charge >= 0.3 is 0 Å². The second kappa shape index (κ2) is 6.36. The molecule has 2 rings (SSSR count). The summed E-state index contributed by atoms with van der Waals surface area (Å²) in [4.78, 5) is 0. The lowest BCUT2D eigenvalue weighted by Gasteiger charge is -2.11. The van der Waals surface area contributed by atoms with Crippen LogP contribution in [0, 0.1) is 0 Å². The lowest BCUT2D eigenvalue weighted by Crippen LogP contribution is -2.11. The fraction of sp³-hybridized carbons (Fsp3) is 0.250. The van der Waals surface area contributed by atoms with Crippen molar-refractivity contribution < 1.29 is 9.84 Å². The van der Waals surface area contributed by atoms with Gasteiger partial charge in [-0.3, -0.25) is 0 Å². The summed E-state index contributed by atoms with van der Waals surface area (Å²) in [5.41, 5.74) is 9.29. The average molecular weight is 257 g/mol. The van der Waals surface area contributed by atoms with E-state index in [1.807, 2.05) is 48.5 Å². The Morgan fingerprint density at radius 1 is 1.00 bits per heavy atom. The lowest BCUT2D eigenvalue weighted by molar-refractivity contribution is 0.276.